The van der Waals surface area contributed by atoms with Crippen molar-refractivity contribution in [1.82, 2.24) is 9.47 Å². The predicted octanol–water partition coefficient (Wildman–Crippen LogP) is 4.61. The number of carbonyl (C=O) groups is 1. The van der Waals surface area contributed by atoms with Gasteiger partial charge in [-0.25, -0.2) is 4.39 Å². The quantitative estimate of drug-likeness (QED) is 0.389. The van der Waals surface area contributed by atoms with E-state index >= 15 is 0 Å². The number of methoxy groups -OCH3 is 1. The summed E-state index contributed by atoms with van der Waals surface area (Å²) in [5.74, 6) is -0.551. The molecular formula is C30H30FN3O3. The number of piperazine rings is 1. The van der Waals surface area contributed by atoms with Crippen molar-refractivity contribution in [2.45, 2.75) is 20.1 Å². The number of halogens is 1. The van der Waals surface area contributed by atoms with E-state index in [1.54, 1.807) is 30.2 Å². The highest BCUT2D eigenvalue weighted by atomic mass is 19.1. The van der Waals surface area contributed by atoms with Gasteiger partial charge in [-0.3, -0.25) is 9.59 Å². The van der Waals surface area contributed by atoms with E-state index in [1.807, 2.05) is 29.7 Å². The zero-order chi connectivity index (χ0) is 25.9. The summed E-state index contributed by atoms with van der Waals surface area (Å²) in [7, 11) is 1.57. The number of amides is 1. The second-order valence-corrected chi connectivity index (χ2v) is 9.38. The van der Waals surface area contributed by atoms with Crippen LogP contribution in [0.5, 0.6) is 0 Å². The molecule has 4 aromatic rings. The summed E-state index contributed by atoms with van der Waals surface area (Å²) >= 11 is 0. The molecule has 6 nitrogen and oxygen atoms in total. The van der Waals surface area contributed by atoms with Crippen LogP contribution in [0.4, 0.5) is 10.1 Å². The zero-order valence-electron chi connectivity index (χ0n) is 21.1. The molecule has 1 aliphatic heterocycles. The van der Waals surface area contributed by atoms with Gasteiger partial charge >= 0.3 is 0 Å². The molecule has 0 bridgehead atoms. The Balaban J connectivity index is 1.45. The lowest BCUT2D eigenvalue weighted by molar-refractivity contribution is 0.0738. The van der Waals surface area contributed by atoms with Gasteiger partial charge in [0.25, 0.3) is 5.91 Å². The lowest BCUT2D eigenvalue weighted by Crippen LogP contribution is -2.50. The molecule has 3 aromatic carbocycles. The van der Waals surface area contributed by atoms with Crippen LogP contribution in [0.2, 0.25) is 0 Å². The molecule has 0 aliphatic carbocycles. The third kappa shape index (κ3) is 5.00. The number of aromatic nitrogens is 1. The topological polar surface area (TPSA) is 54.8 Å². The number of hydrogen-bond donors (Lipinski definition) is 0. The molecule has 1 saturated heterocycles. The molecular weight excluding hydrogens is 469 g/mol. The minimum Gasteiger partial charge on any atom is -0.378 e. The monoisotopic (exact) mass is 499 g/mol. The Hall–Kier alpha value is -3.97. The number of pyridine rings is 1. The van der Waals surface area contributed by atoms with E-state index in [0.717, 1.165) is 27.7 Å². The van der Waals surface area contributed by atoms with Crippen LogP contribution in [0, 0.1) is 12.7 Å². The lowest BCUT2D eigenvalue weighted by Gasteiger charge is -2.36. The largest absolute Gasteiger partial charge is 0.378 e. The van der Waals surface area contributed by atoms with Crippen molar-refractivity contribution in [1.29, 1.82) is 0 Å². The highest BCUT2D eigenvalue weighted by molar-refractivity contribution is 5.95. The molecule has 1 amide bonds. The van der Waals surface area contributed by atoms with Crippen LogP contribution in [0.25, 0.3) is 10.8 Å². The molecule has 0 N–H and O–H groups in total. The molecule has 0 radical (unpaired) electrons. The number of aryl methyl sites for hydroxylation is 1. The zero-order valence-corrected chi connectivity index (χ0v) is 21.1. The predicted molar refractivity (Wildman–Crippen MR) is 144 cm³/mol. The minimum absolute atomic E-state index is 0.151. The molecule has 1 aliphatic rings. The van der Waals surface area contributed by atoms with E-state index in [-0.39, 0.29) is 29.3 Å². The number of benzene rings is 3. The van der Waals surface area contributed by atoms with Crippen LogP contribution in [0.3, 0.4) is 0 Å². The van der Waals surface area contributed by atoms with Gasteiger partial charge in [0.05, 0.1) is 12.3 Å². The highest BCUT2D eigenvalue weighted by Crippen LogP contribution is 2.23. The number of nitrogens with zero attached hydrogens (tertiary/aromatic N) is 3. The maximum Gasteiger partial charge on any atom is 0.259 e. The first kappa shape index (κ1) is 24.7. The Morgan fingerprint density at radius 2 is 1.65 bits per heavy atom. The second-order valence-electron chi connectivity index (χ2n) is 9.38. The number of fused-ring (bicyclic) bond motifs is 1. The van der Waals surface area contributed by atoms with Gasteiger partial charge in [-0.15, -0.1) is 0 Å². The van der Waals surface area contributed by atoms with Crippen molar-refractivity contribution < 1.29 is 13.9 Å². The maximum absolute atomic E-state index is 13.7. The molecule has 1 fully saturated rings. The molecule has 0 atom stereocenters. The van der Waals surface area contributed by atoms with E-state index in [2.05, 4.69) is 29.2 Å². The molecule has 0 spiro atoms. The van der Waals surface area contributed by atoms with E-state index < -0.39 is 0 Å². The fourth-order valence-electron chi connectivity index (χ4n) is 5.14. The normalized spacial score (nSPS) is 13.8. The summed E-state index contributed by atoms with van der Waals surface area (Å²) < 4.78 is 20.8. The third-order valence-corrected chi connectivity index (χ3v) is 7.09. The SMILES string of the molecule is COCc1c(C(=O)N2CCN(c3ccc(F)cc3)CC2)c(=O)cc(C)n1Cc1cccc2ccccc12. The number of hydrogen-bond acceptors (Lipinski definition) is 4. The van der Waals surface area contributed by atoms with Crippen molar-refractivity contribution in [3.05, 3.63) is 111 Å². The smallest absolute Gasteiger partial charge is 0.259 e. The van der Waals surface area contributed by atoms with Crippen LogP contribution in [-0.2, 0) is 17.9 Å². The summed E-state index contributed by atoms with van der Waals surface area (Å²) in [6.07, 6.45) is 0. The van der Waals surface area contributed by atoms with Crippen molar-refractivity contribution in [3.8, 4) is 0 Å². The van der Waals surface area contributed by atoms with E-state index in [1.165, 1.54) is 12.1 Å². The fraction of sp³-hybridized carbons (Fsp3) is 0.267. The molecule has 7 heteroatoms. The number of anilines is 1. The van der Waals surface area contributed by atoms with Gasteiger partial charge in [-0.05, 0) is 47.5 Å². The first-order valence-electron chi connectivity index (χ1n) is 12.4. The van der Waals surface area contributed by atoms with Crippen molar-refractivity contribution in [2.75, 3.05) is 38.2 Å². The van der Waals surface area contributed by atoms with Gasteiger partial charge in [0.2, 0.25) is 0 Å². The second kappa shape index (κ2) is 10.6. The highest BCUT2D eigenvalue weighted by Gasteiger charge is 2.28. The summed E-state index contributed by atoms with van der Waals surface area (Å²) in [6.45, 7) is 4.71. The number of ether oxygens (including phenoxy) is 1. The van der Waals surface area contributed by atoms with Crippen molar-refractivity contribution in [2.24, 2.45) is 0 Å². The molecule has 5 rings (SSSR count). The standard InChI is InChI=1S/C30H30FN3O3/c1-21-18-28(35)29(30(36)33-16-14-32(15-17-33)25-12-10-24(31)11-13-25)27(20-37-2)34(21)19-23-8-5-7-22-6-3-4-9-26(22)23/h3-13,18H,14-17,19-20H2,1-2H3. The Bertz CT molecular complexity index is 1480. The number of rotatable bonds is 6. The summed E-state index contributed by atoms with van der Waals surface area (Å²) in [4.78, 5) is 30.8. The lowest BCUT2D eigenvalue weighted by atomic mass is 10.0. The van der Waals surface area contributed by atoms with Gasteiger partial charge in [0, 0.05) is 57.3 Å². The molecule has 37 heavy (non-hydrogen) atoms. The van der Waals surface area contributed by atoms with Gasteiger partial charge in [-0.2, -0.15) is 0 Å². The Morgan fingerprint density at radius 1 is 0.946 bits per heavy atom. The molecule has 0 saturated carbocycles. The molecule has 2 heterocycles. The molecule has 190 valence electrons. The average Bonchev–Trinajstić information content (AvgIpc) is 2.91. The summed E-state index contributed by atoms with van der Waals surface area (Å²) in [6, 6.07) is 22.3. The van der Waals surface area contributed by atoms with Crippen LogP contribution in [0.1, 0.15) is 27.3 Å². The van der Waals surface area contributed by atoms with Crippen LogP contribution >= 0.6 is 0 Å². The summed E-state index contributed by atoms with van der Waals surface area (Å²) in [5, 5.41) is 2.28. The van der Waals surface area contributed by atoms with Crippen LogP contribution in [-0.4, -0.2) is 48.7 Å². The van der Waals surface area contributed by atoms with Crippen LogP contribution < -0.4 is 10.3 Å². The van der Waals surface area contributed by atoms with Crippen molar-refractivity contribution in [3.63, 3.8) is 0 Å². The number of carbonyl (C=O) groups excluding carboxylic acids is 1. The minimum atomic E-state index is -0.287. The Labute approximate surface area is 215 Å². The fourth-order valence-corrected chi connectivity index (χ4v) is 5.14. The Morgan fingerprint density at radius 3 is 2.38 bits per heavy atom. The third-order valence-electron chi connectivity index (χ3n) is 7.09. The average molecular weight is 500 g/mol. The first-order valence-corrected chi connectivity index (χ1v) is 12.4. The van der Waals surface area contributed by atoms with Crippen LogP contribution in [0.15, 0.2) is 77.6 Å². The van der Waals surface area contributed by atoms with Gasteiger partial charge < -0.3 is 19.1 Å². The van der Waals surface area contributed by atoms with E-state index in [4.69, 9.17) is 4.74 Å². The van der Waals surface area contributed by atoms with Gasteiger partial charge in [0.1, 0.15) is 11.4 Å². The van der Waals surface area contributed by atoms with E-state index in [9.17, 15) is 14.0 Å². The van der Waals surface area contributed by atoms with Gasteiger partial charge in [0.15, 0.2) is 5.43 Å². The molecule has 0 unspecified atom stereocenters. The first-order chi connectivity index (χ1) is 18.0. The Kier molecular flexibility index (Phi) is 7.06. The molecule has 1 aromatic heterocycles. The van der Waals surface area contributed by atoms with Gasteiger partial charge in [-0.1, -0.05) is 42.5 Å². The van der Waals surface area contributed by atoms with Crippen molar-refractivity contribution >= 4 is 22.4 Å². The van der Waals surface area contributed by atoms with E-state index in [0.29, 0.717) is 38.4 Å². The maximum atomic E-state index is 13.7. The summed E-state index contributed by atoms with van der Waals surface area (Å²) in [5.41, 5.74) is 3.27.